The minimum atomic E-state index is 0.417. The van der Waals surface area contributed by atoms with Crippen molar-refractivity contribution in [2.24, 2.45) is 0 Å². The maximum absolute atomic E-state index is 5.17. The number of hydrogen-bond acceptors (Lipinski definition) is 3. The highest BCUT2D eigenvalue weighted by atomic mass is 79.9. The summed E-state index contributed by atoms with van der Waals surface area (Å²) >= 11 is 5.33. The van der Waals surface area contributed by atoms with Gasteiger partial charge in [-0.2, -0.15) is 0 Å². The molecule has 0 aromatic carbocycles. The van der Waals surface area contributed by atoms with E-state index in [9.17, 15) is 0 Å². The monoisotopic (exact) mass is 277 g/mol. The maximum atomic E-state index is 5.17. The normalized spacial score (nSPS) is 13.1. The van der Waals surface area contributed by atoms with Gasteiger partial charge < -0.3 is 10.1 Å². The van der Waals surface area contributed by atoms with E-state index in [4.69, 9.17) is 4.74 Å². The number of methoxy groups -OCH3 is 1. The van der Waals surface area contributed by atoms with Gasteiger partial charge in [0, 0.05) is 28.9 Å². The Morgan fingerprint density at radius 3 is 2.93 bits per heavy atom. The topological polar surface area (TPSA) is 21.3 Å². The number of nitrogens with one attached hydrogen (secondary N) is 1. The Hall–Kier alpha value is 0.100. The van der Waals surface area contributed by atoms with Crippen LogP contribution >= 0.6 is 27.3 Å². The van der Waals surface area contributed by atoms with Crippen LogP contribution in [0.25, 0.3) is 0 Å². The molecular formula is C10H16BrNOS. The summed E-state index contributed by atoms with van der Waals surface area (Å²) in [6.07, 6.45) is 1.03. The van der Waals surface area contributed by atoms with Crippen LogP contribution in [0.3, 0.4) is 0 Å². The van der Waals surface area contributed by atoms with E-state index in [0.717, 1.165) is 19.6 Å². The Kier molecular flexibility index (Phi) is 5.70. The van der Waals surface area contributed by atoms with Crippen molar-refractivity contribution in [3.8, 4) is 0 Å². The smallest absolute Gasteiger partial charge is 0.0619 e. The molecule has 0 radical (unpaired) electrons. The molecule has 14 heavy (non-hydrogen) atoms. The Bertz CT molecular complexity index is 258. The van der Waals surface area contributed by atoms with Gasteiger partial charge in [0.2, 0.25) is 0 Å². The summed E-state index contributed by atoms with van der Waals surface area (Å²) in [5, 5.41) is 5.52. The van der Waals surface area contributed by atoms with Gasteiger partial charge in [0.05, 0.1) is 6.61 Å². The molecule has 80 valence electrons. The molecule has 0 fully saturated rings. The van der Waals surface area contributed by atoms with E-state index in [2.05, 4.69) is 39.6 Å². The van der Waals surface area contributed by atoms with Crippen LogP contribution in [-0.4, -0.2) is 26.3 Å². The fraction of sp³-hybridized carbons (Fsp3) is 0.600. The molecule has 0 aliphatic rings. The molecule has 2 nitrogen and oxygen atoms in total. The fourth-order valence-corrected chi connectivity index (χ4v) is 2.97. The zero-order valence-electron chi connectivity index (χ0n) is 8.55. The molecule has 0 spiro atoms. The highest BCUT2D eigenvalue weighted by Crippen LogP contribution is 2.23. The second kappa shape index (κ2) is 6.56. The Labute approximate surface area is 97.8 Å². The standard InChI is InChI=1S/C10H16BrNOS/c1-3-12-8(7-13-2)6-10-9(11)4-5-14-10/h4-5,8,12H,3,6-7H2,1-2H3. The van der Waals surface area contributed by atoms with Gasteiger partial charge in [-0.15, -0.1) is 11.3 Å². The Morgan fingerprint density at radius 1 is 1.64 bits per heavy atom. The van der Waals surface area contributed by atoms with Gasteiger partial charge in [-0.3, -0.25) is 0 Å². The van der Waals surface area contributed by atoms with Gasteiger partial charge >= 0.3 is 0 Å². The second-order valence-corrected chi connectivity index (χ2v) is 4.96. The molecule has 0 aliphatic heterocycles. The molecular weight excluding hydrogens is 262 g/mol. The molecule has 1 aromatic heterocycles. The van der Waals surface area contributed by atoms with Gasteiger partial charge in [0.25, 0.3) is 0 Å². The molecule has 4 heteroatoms. The highest BCUT2D eigenvalue weighted by molar-refractivity contribution is 9.10. The van der Waals surface area contributed by atoms with E-state index < -0.39 is 0 Å². The van der Waals surface area contributed by atoms with Crippen molar-refractivity contribution in [3.05, 3.63) is 20.8 Å². The number of likely N-dealkylation sites (N-methyl/N-ethyl adjacent to an activating group) is 1. The van der Waals surface area contributed by atoms with E-state index in [-0.39, 0.29) is 0 Å². The largest absolute Gasteiger partial charge is 0.383 e. The van der Waals surface area contributed by atoms with Crippen molar-refractivity contribution in [3.63, 3.8) is 0 Å². The van der Waals surface area contributed by atoms with Crippen molar-refractivity contribution < 1.29 is 4.74 Å². The molecule has 1 N–H and O–H groups in total. The number of hydrogen-bond donors (Lipinski definition) is 1. The minimum Gasteiger partial charge on any atom is -0.383 e. The molecule has 1 rings (SSSR count). The number of rotatable bonds is 6. The van der Waals surface area contributed by atoms with Crippen LogP contribution in [-0.2, 0) is 11.2 Å². The van der Waals surface area contributed by atoms with Crippen molar-refractivity contribution in [1.29, 1.82) is 0 Å². The van der Waals surface area contributed by atoms with Crippen LogP contribution in [0, 0.1) is 0 Å². The van der Waals surface area contributed by atoms with E-state index in [0.29, 0.717) is 6.04 Å². The van der Waals surface area contributed by atoms with E-state index in [1.807, 2.05) is 0 Å². The lowest BCUT2D eigenvalue weighted by molar-refractivity contribution is 0.167. The zero-order valence-corrected chi connectivity index (χ0v) is 11.0. The lowest BCUT2D eigenvalue weighted by atomic mass is 10.2. The first-order valence-electron chi connectivity index (χ1n) is 4.72. The fourth-order valence-electron chi connectivity index (χ4n) is 1.37. The summed E-state index contributed by atoms with van der Waals surface area (Å²) in [6.45, 7) is 3.86. The van der Waals surface area contributed by atoms with E-state index in [1.165, 1.54) is 9.35 Å². The molecule has 0 saturated carbocycles. The third-order valence-corrected chi connectivity index (χ3v) is 3.93. The van der Waals surface area contributed by atoms with Crippen LogP contribution in [0.4, 0.5) is 0 Å². The van der Waals surface area contributed by atoms with Gasteiger partial charge in [-0.25, -0.2) is 0 Å². The first-order valence-corrected chi connectivity index (χ1v) is 6.39. The third-order valence-electron chi connectivity index (χ3n) is 1.98. The van der Waals surface area contributed by atoms with Crippen molar-refractivity contribution in [2.45, 2.75) is 19.4 Å². The van der Waals surface area contributed by atoms with Crippen molar-refractivity contribution in [2.75, 3.05) is 20.3 Å². The summed E-state index contributed by atoms with van der Waals surface area (Å²) in [5.74, 6) is 0. The molecule has 0 saturated heterocycles. The third kappa shape index (κ3) is 3.69. The first kappa shape index (κ1) is 12.2. The summed E-state index contributed by atoms with van der Waals surface area (Å²) in [6, 6.07) is 2.51. The van der Waals surface area contributed by atoms with Gasteiger partial charge in [0.15, 0.2) is 0 Å². The molecule has 1 heterocycles. The summed E-state index contributed by atoms with van der Waals surface area (Å²) < 4.78 is 6.38. The predicted octanol–water partition coefficient (Wildman–Crippen LogP) is 2.68. The second-order valence-electron chi connectivity index (χ2n) is 3.11. The average molecular weight is 278 g/mol. The molecule has 1 atom stereocenters. The van der Waals surface area contributed by atoms with E-state index >= 15 is 0 Å². The average Bonchev–Trinajstić information content (AvgIpc) is 2.53. The Morgan fingerprint density at radius 2 is 2.43 bits per heavy atom. The SMILES string of the molecule is CCNC(COC)Cc1sccc1Br. The maximum Gasteiger partial charge on any atom is 0.0619 e. The molecule has 1 unspecified atom stereocenters. The number of halogens is 1. The van der Waals surface area contributed by atoms with Crippen molar-refractivity contribution in [1.82, 2.24) is 5.32 Å². The van der Waals surface area contributed by atoms with Crippen LogP contribution in [0.5, 0.6) is 0 Å². The lowest BCUT2D eigenvalue weighted by Crippen LogP contribution is -2.34. The molecule has 0 bridgehead atoms. The van der Waals surface area contributed by atoms with Crippen LogP contribution < -0.4 is 5.32 Å². The molecule has 0 amide bonds. The summed E-state index contributed by atoms with van der Waals surface area (Å²) in [7, 11) is 1.74. The number of ether oxygens (including phenoxy) is 1. The van der Waals surface area contributed by atoms with Crippen molar-refractivity contribution >= 4 is 27.3 Å². The van der Waals surface area contributed by atoms with Gasteiger partial charge in [0.1, 0.15) is 0 Å². The first-order chi connectivity index (χ1) is 6.77. The predicted molar refractivity (Wildman–Crippen MR) is 65.1 cm³/mol. The van der Waals surface area contributed by atoms with Gasteiger partial charge in [-0.05, 0) is 33.9 Å². The minimum absolute atomic E-state index is 0.417. The van der Waals surface area contributed by atoms with Gasteiger partial charge in [-0.1, -0.05) is 6.92 Å². The summed E-state index contributed by atoms with van der Waals surface area (Å²) in [5.41, 5.74) is 0. The molecule has 0 aliphatic carbocycles. The van der Waals surface area contributed by atoms with E-state index in [1.54, 1.807) is 18.4 Å². The zero-order chi connectivity index (χ0) is 10.4. The molecule has 1 aromatic rings. The van der Waals surface area contributed by atoms with Crippen LogP contribution in [0.2, 0.25) is 0 Å². The lowest BCUT2D eigenvalue weighted by Gasteiger charge is -2.16. The number of thiophene rings is 1. The van der Waals surface area contributed by atoms with Crippen LogP contribution in [0.1, 0.15) is 11.8 Å². The summed E-state index contributed by atoms with van der Waals surface area (Å²) in [4.78, 5) is 1.38. The Balaban J connectivity index is 2.50. The van der Waals surface area contributed by atoms with Crippen LogP contribution in [0.15, 0.2) is 15.9 Å². The quantitative estimate of drug-likeness (QED) is 0.863. The highest BCUT2D eigenvalue weighted by Gasteiger charge is 2.10.